The third kappa shape index (κ3) is 2.43. The van der Waals surface area contributed by atoms with Gasteiger partial charge in [-0.25, -0.2) is 0 Å². The molecule has 58 valence electrons. The molecule has 0 fully saturated rings. The molecule has 0 saturated carbocycles. The van der Waals surface area contributed by atoms with Crippen LogP contribution in [0.2, 0.25) is 0 Å². The average Bonchev–Trinajstić information content (AvgIpc) is 1.85. The van der Waals surface area contributed by atoms with Gasteiger partial charge in [-0.2, -0.15) is 0 Å². The Balaban J connectivity index is 2.89. The highest BCUT2D eigenvalue weighted by molar-refractivity contribution is 5.97. The maximum absolute atomic E-state index is 5.57. The summed E-state index contributed by atoms with van der Waals surface area (Å²) in [6.45, 7) is 0.613. The number of nitrogens with two attached hydrogens (primary N) is 2. The number of nitrogen functional groups attached to an aromatic ring is 2. The van der Waals surface area contributed by atoms with Gasteiger partial charge in [0.25, 0.3) is 0 Å². The van der Waals surface area contributed by atoms with Crippen molar-refractivity contribution in [3.63, 3.8) is 0 Å². The Bertz CT molecular complexity index is 232. The zero-order valence-electron chi connectivity index (χ0n) is 6.50. The van der Waals surface area contributed by atoms with Gasteiger partial charge >= 0.3 is 16.6 Å². The third-order valence-electron chi connectivity index (χ3n) is 1.35. The standard InChI is InChI=1S/C7H9N2O.Al.2H/c8-6-1-5(4-10)2-7(9)3-6;;;/h1-3H,4,8-9H2;;;/q-1;+1;;. The first-order valence-electron chi connectivity index (χ1n) is 3.36. The molecule has 1 aromatic rings. The molecule has 4 heteroatoms. The second kappa shape index (κ2) is 3.63. The molecule has 0 saturated heterocycles. The fourth-order valence-corrected chi connectivity index (χ4v) is 1.33. The summed E-state index contributed by atoms with van der Waals surface area (Å²) in [7, 11) is 0. The van der Waals surface area contributed by atoms with Gasteiger partial charge in [0.05, 0.1) is 0 Å². The number of rotatable bonds is 2. The molecule has 3 nitrogen and oxygen atoms in total. The molecule has 1 aromatic carbocycles. The topological polar surface area (TPSA) is 61.3 Å². The Morgan fingerprint density at radius 3 is 2.18 bits per heavy atom. The minimum atomic E-state index is 0.613. The highest BCUT2D eigenvalue weighted by atomic mass is 27.1. The van der Waals surface area contributed by atoms with Gasteiger partial charge in [-0.1, -0.05) is 0 Å². The summed E-state index contributed by atoms with van der Waals surface area (Å²) in [6.07, 6.45) is 0. The lowest BCUT2D eigenvalue weighted by molar-refractivity contribution is 0.338. The molecule has 1 rings (SSSR count). The first kappa shape index (κ1) is 8.41. The lowest BCUT2D eigenvalue weighted by atomic mass is 10.2. The third-order valence-corrected chi connectivity index (χ3v) is 1.64. The van der Waals surface area contributed by atoms with Gasteiger partial charge in [0.1, 0.15) is 0 Å². The average molecular weight is 166 g/mol. The predicted octanol–water partition coefficient (Wildman–Crippen LogP) is -0.0843. The van der Waals surface area contributed by atoms with Crippen LogP contribution in [0, 0.1) is 0 Å². The number of hydrogen-bond donors (Lipinski definition) is 2. The Kier molecular flexibility index (Phi) is 2.78. The van der Waals surface area contributed by atoms with Crippen molar-refractivity contribution < 1.29 is 3.79 Å². The lowest BCUT2D eigenvalue weighted by Gasteiger charge is -2.03. The molecule has 0 amide bonds. The van der Waals surface area contributed by atoms with Crippen LogP contribution in [-0.2, 0) is 10.4 Å². The zero-order chi connectivity index (χ0) is 8.27. The normalized spacial score (nSPS) is 9.82. The van der Waals surface area contributed by atoms with Crippen molar-refractivity contribution in [2.75, 3.05) is 11.5 Å². The van der Waals surface area contributed by atoms with Gasteiger partial charge in [-0.05, 0) is 23.8 Å². The molecular weight excluding hydrogens is 155 g/mol. The van der Waals surface area contributed by atoms with Gasteiger partial charge in [-0.3, -0.25) is 0 Å². The number of anilines is 2. The van der Waals surface area contributed by atoms with E-state index >= 15 is 0 Å². The van der Waals surface area contributed by atoms with Crippen molar-refractivity contribution in [2.45, 2.75) is 6.61 Å². The SMILES string of the molecule is Nc1cc(N)cc(C[O][AlH2])c1. The van der Waals surface area contributed by atoms with Gasteiger partial charge in [0.15, 0.2) is 0 Å². The summed E-state index contributed by atoms with van der Waals surface area (Å²) in [6, 6.07) is 5.47. The van der Waals surface area contributed by atoms with Crippen LogP contribution in [0.4, 0.5) is 11.4 Å². The van der Waals surface area contributed by atoms with Crippen LogP contribution in [0.3, 0.4) is 0 Å². The molecule has 0 bridgehead atoms. The van der Waals surface area contributed by atoms with Crippen LogP contribution in [0.5, 0.6) is 0 Å². The summed E-state index contributed by atoms with van der Waals surface area (Å²) < 4.78 is 5.07. The molecule has 11 heavy (non-hydrogen) atoms. The van der Waals surface area contributed by atoms with E-state index in [1.54, 1.807) is 6.07 Å². The number of hydrogen-bond acceptors (Lipinski definition) is 3. The van der Waals surface area contributed by atoms with Crippen LogP contribution in [0.25, 0.3) is 0 Å². The molecule has 0 heterocycles. The molecule has 0 unspecified atom stereocenters. The minimum Gasteiger partial charge on any atom is -0.503 e. The van der Waals surface area contributed by atoms with Crippen LogP contribution >= 0.6 is 0 Å². The van der Waals surface area contributed by atoms with Crippen LogP contribution < -0.4 is 11.5 Å². The highest BCUT2D eigenvalue weighted by Gasteiger charge is 1.94. The molecule has 0 aliphatic heterocycles. The second-order valence-corrected chi connectivity index (χ2v) is 3.02. The molecule has 0 atom stereocenters. The summed E-state index contributed by atoms with van der Waals surface area (Å²) in [5.74, 6) is 0. The van der Waals surface area contributed by atoms with E-state index in [2.05, 4.69) is 0 Å². The first-order valence-corrected chi connectivity index (χ1v) is 4.18. The molecule has 0 aliphatic carbocycles. The second-order valence-electron chi connectivity index (χ2n) is 2.44. The van der Waals surface area contributed by atoms with Crippen molar-refractivity contribution >= 4 is 28.0 Å². The van der Waals surface area contributed by atoms with Crippen molar-refractivity contribution in [2.24, 2.45) is 0 Å². The Morgan fingerprint density at radius 1 is 1.18 bits per heavy atom. The van der Waals surface area contributed by atoms with Crippen molar-refractivity contribution in [1.29, 1.82) is 0 Å². The zero-order valence-corrected chi connectivity index (χ0v) is 8.50. The van der Waals surface area contributed by atoms with E-state index in [1.807, 2.05) is 12.1 Å². The predicted molar refractivity (Wildman–Crippen MR) is 48.6 cm³/mol. The van der Waals surface area contributed by atoms with Crippen molar-refractivity contribution in [3.8, 4) is 0 Å². The van der Waals surface area contributed by atoms with Crippen LogP contribution in [0.1, 0.15) is 5.56 Å². The van der Waals surface area contributed by atoms with Gasteiger partial charge in [-0.15, -0.1) is 0 Å². The molecule has 0 spiro atoms. The highest BCUT2D eigenvalue weighted by Crippen LogP contribution is 2.13. The quantitative estimate of drug-likeness (QED) is 0.477. The summed E-state index contributed by atoms with van der Waals surface area (Å²) in [5, 5.41) is 0. The monoisotopic (exact) mass is 166 g/mol. The molecule has 0 aromatic heterocycles. The van der Waals surface area contributed by atoms with E-state index in [-0.39, 0.29) is 0 Å². The van der Waals surface area contributed by atoms with E-state index in [0.717, 1.165) is 22.2 Å². The van der Waals surface area contributed by atoms with Gasteiger partial charge in [0.2, 0.25) is 0 Å². The summed E-state index contributed by atoms with van der Waals surface area (Å²) in [5.41, 5.74) is 13.6. The van der Waals surface area contributed by atoms with Crippen LogP contribution in [0.15, 0.2) is 18.2 Å². The van der Waals surface area contributed by atoms with E-state index < -0.39 is 0 Å². The lowest BCUT2D eigenvalue weighted by Crippen LogP contribution is -1.95. The molecule has 4 N–H and O–H groups in total. The fourth-order valence-electron chi connectivity index (χ4n) is 0.996. The van der Waals surface area contributed by atoms with Crippen molar-refractivity contribution in [3.05, 3.63) is 23.8 Å². The largest absolute Gasteiger partial charge is 0.503 e. The Hall–Kier alpha value is -0.688. The summed E-state index contributed by atoms with van der Waals surface area (Å²) >= 11 is 0.738. The van der Waals surface area contributed by atoms with E-state index in [1.165, 1.54) is 0 Å². The van der Waals surface area contributed by atoms with E-state index in [4.69, 9.17) is 15.3 Å². The van der Waals surface area contributed by atoms with Gasteiger partial charge in [0, 0.05) is 18.0 Å². The van der Waals surface area contributed by atoms with E-state index in [0.29, 0.717) is 18.0 Å². The fraction of sp³-hybridized carbons (Fsp3) is 0.143. The van der Waals surface area contributed by atoms with Crippen molar-refractivity contribution in [1.82, 2.24) is 0 Å². The molecule has 0 radical (unpaired) electrons. The Morgan fingerprint density at radius 2 is 1.73 bits per heavy atom. The van der Waals surface area contributed by atoms with Gasteiger partial charge < -0.3 is 15.3 Å². The maximum atomic E-state index is 5.57. The molecule has 0 aliphatic rings. The Labute approximate surface area is 74.1 Å². The number of benzene rings is 1. The van der Waals surface area contributed by atoms with Crippen LogP contribution in [-0.4, -0.2) is 16.6 Å². The smallest absolute Gasteiger partial charge is 0.410 e. The maximum Gasteiger partial charge on any atom is 0.410 e. The first-order chi connectivity index (χ1) is 5.22. The van der Waals surface area contributed by atoms with E-state index in [9.17, 15) is 0 Å². The molecular formula is C7H11AlN2O. The minimum absolute atomic E-state index is 0.613. The summed E-state index contributed by atoms with van der Waals surface area (Å²) in [4.78, 5) is 0.